The summed E-state index contributed by atoms with van der Waals surface area (Å²) in [5, 5.41) is 0.917. The number of halogens is 2. The third kappa shape index (κ3) is 4.68. The topological polar surface area (TPSA) is 63.5 Å². The van der Waals surface area contributed by atoms with Gasteiger partial charge in [0.15, 0.2) is 0 Å². The van der Waals surface area contributed by atoms with Gasteiger partial charge in [-0.25, -0.2) is 23.5 Å². The molecule has 0 N–H and O–H groups in total. The standard InChI is InChI=1S/C26H31F2N5O2/c1-5-19-13-31(8-9-32(19)25(34)35-26(2,3)4)23-22-21(16-6-7-16)14-33(24(22)30-15-29-23)20-11-17(27)10-18(28)12-20/h10-12,14-16,19H,5-9,13H2,1-4H3/t19-/m0/s1. The number of ether oxygens (including phenoxy) is 1. The zero-order valence-electron chi connectivity index (χ0n) is 20.6. The molecule has 3 heterocycles. The molecule has 9 heteroatoms. The van der Waals surface area contributed by atoms with Crippen molar-refractivity contribution in [1.29, 1.82) is 0 Å². The van der Waals surface area contributed by atoms with Crippen LogP contribution in [0.3, 0.4) is 0 Å². The highest BCUT2D eigenvalue weighted by molar-refractivity contribution is 5.93. The molecular weight excluding hydrogens is 452 g/mol. The van der Waals surface area contributed by atoms with Crippen molar-refractivity contribution in [2.24, 2.45) is 0 Å². The van der Waals surface area contributed by atoms with E-state index in [9.17, 15) is 13.6 Å². The second-order valence-corrected chi connectivity index (χ2v) is 10.4. The minimum Gasteiger partial charge on any atom is -0.444 e. The number of amides is 1. The number of hydrogen-bond donors (Lipinski definition) is 0. The van der Waals surface area contributed by atoms with E-state index in [4.69, 9.17) is 4.74 Å². The van der Waals surface area contributed by atoms with Gasteiger partial charge in [-0.05, 0) is 63.6 Å². The number of fused-ring (bicyclic) bond motifs is 1. The molecule has 3 aromatic rings. The number of carbonyl (C=O) groups excluding carboxylic acids is 1. The van der Waals surface area contributed by atoms with Gasteiger partial charge in [0.05, 0.1) is 17.1 Å². The van der Waals surface area contributed by atoms with Crippen LogP contribution in [-0.2, 0) is 4.74 Å². The summed E-state index contributed by atoms with van der Waals surface area (Å²) in [6.45, 7) is 9.41. The number of benzene rings is 1. The molecule has 1 saturated carbocycles. The first-order valence-corrected chi connectivity index (χ1v) is 12.2. The lowest BCUT2D eigenvalue weighted by atomic mass is 10.1. The first-order chi connectivity index (χ1) is 16.6. The maximum atomic E-state index is 14.0. The van der Waals surface area contributed by atoms with Crippen molar-refractivity contribution in [2.75, 3.05) is 24.5 Å². The molecule has 0 unspecified atom stereocenters. The smallest absolute Gasteiger partial charge is 0.410 e. The van der Waals surface area contributed by atoms with Crippen LogP contribution < -0.4 is 4.90 Å². The minimum atomic E-state index is -0.631. The molecule has 1 atom stereocenters. The van der Waals surface area contributed by atoms with E-state index in [1.54, 1.807) is 4.57 Å². The number of anilines is 1. The fraction of sp³-hybridized carbons (Fsp3) is 0.500. The number of hydrogen-bond acceptors (Lipinski definition) is 5. The molecule has 2 fully saturated rings. The van der Waals surface area contributed by atoms with E-state index < -0.39 is 17.2 Å². The van der Waals surface area contributed by atoms with Gasteiger partial charge < -0.3 is 19.1 Å². The number of carbonyl (C=O) groups is 1. The first-order valence-electron chi connectivity index (χ1n) is 12.2. The van der Waals surface area contributed by atoms with Gasteiger partial charge in [0.1, 0.15) is 35.0 Å². The van der Waals surface area contributed by atoms with Crippen molar-refractivity contribution in [3.05, 3.63) is 47.9 Å². The fourth-order valence-electron chi connectivity index (χ4n) is 4.85. The third-order valence-electron chi connectivity index (χ3n) is 6.62. The Kier molecular flexibility index (Phi) is 5.89. The Labute approximate surface area is 203 Å². The summed E-state index contributed by atoms with van der Waals surface area (Å²) < 4.78 is 35.4. The lowest BCUT2D eigenvalue weighted by Gasteiger charge is -2.42. The molecule has 1 aliphatic heterocycles. The second kappa shape index (κ2) is 8.77. The van der Waals surface area contributed by atoms with E-state index in [0.717, 1.165) is 42.1 Å². The van der Waals surface area contributed by atoms with E-state index in [1.165, 1.54) is 18.5 Å². The number of aromatic nitrogens is 3. The summed E-state index contributed by atoms with van der Waals surface area (Å²) in [4.78, 5) is 26.0. The van der Waals surface area contributed by atoms with Gasteiger partial charge in [-0.15, -0.1) is 0 Å². The van der Waals surface area contributed by atoms with Crippen LogP contribution in [0.2, 0.25) is 0 Å². The lowest BCUT2D eigenvalue weighted by Crippen LogP contribution is -2.56. The summed E-state index contributed by atoms with van der Waals surface area (Å²) in [5.74, 6) is -0.0805. The average Bonchev–Trinajstić information content (AvgIpc) is 3.56. The summed E-state index contributed by atoms with van der Waals surface area (Å²) >= 11 is 0. The zero-order chi connectivity index (χ0) is 24.9. The van der Waals surface area contributed by atoms with Gasteiger partial charge >= 0.3 is 6.09 Å². The monoisotopic (exact) mass is 483 g/mol. The molecule has 0 spiro atoms. The number of piperazine rings is 1. The molecule has 186 valence electrons. The highest BCUT2D eigenvalue weighted by Crippen LogP contribution is 2.46. The van der Waals surface area contributed by atoms with E-state index >= 15 is 0 Å². The Balaban J connectivity index is 1.52. The molecule has 1 aromatic carbocycles. The van der Waals surface area contributed by atoms with E-state index in [0.29, 0.717) is 36.9 Å². The lowest BCUT2D eigenvalue weighted by molar-refractivity contribution is 0.0136. The van der Waals surface area contributed by atoms with E-state index in [1.807, 2.05) is 31.9 Å². The average molecular weight is 484 g/mol. The van der Waals surface area contributed by atoms with Crippen LogP contribution in [0.25, 0.3) is 16.7 Å². The predicted octanol–water partition coefficient (Wildman–Crippen LogP) is 5.41. The number of nitrogens with zero attached hydrogens (tertiary/aromatic N) is 5. The van der Waals surface area contributed by atoms with E-state index in [2.05, 4.69) is 21.8 Å². The Morgan fingerprint density at radius 2 is 1.83 bits per heavy atom. The summed E-state index contributed by atoms with van der Waals surface area (Å²) in [6.07, 6.45) is 6.06. The van der Waals surface area contributed by atoms with Crippen molar-refractivity contribution in [3.8, 4) is 5.69 Å². The molecule has 1 aliphatic carbocycles. The van der Waals surface area contributed by atoms with Gasteiger partial charge in [0.2, 0.25) is 0 Å². The van der Waals surface area contributed by atoms with Gasteiger partial charge in [-0.1, -0.05) is 6.92 Å². The van der Waals surface area contributed by atoms with Crippen LogP contribution in [0.5, 0.6) is 0 Å². The van der Waals surface area contributed by atoms with Crippen molar-refractivity contribution >= 4 is 22.9 Å². The molecular formula is C26H31F2N5O2. The summed E-state index contributed by atoms with van der Waals surface area (Å²) in [7, 11) is 0. The SMILES string of the molecule is CC[C@H]1CN(c2ncnc3c2c(C2CC2)cn3-c2cc(F)cc(F)c2)CCN1C(=O)OC(C)(C)C. The molecule has 0 radical (unpaired) electrons. The second-order valence-electron chi connectivity index (χ2n) is 10.4. The van der Waals surface area contributed by atoms with Crippen molar-refractivity contribution < 1.29 is 18.3 Å². The molecule has 7 nitrogen and oxygen atoms in total. The van der Waals surface area contributed by atoms with Gasteiger partial charge in [-0.3, -0.25) is 0 Å². The maximum Gasteiger partial charge on any atom is 0.410 e. The Hall–Kier alpha value is -3.23. The molecule has 2 aromatic heterocycles. The normalized spacial score (nSPS) is 18.9. The van der Waals surface area contributed by atoms with Gasteiger partial charge in [-0.2, -0.15) is 0 Å². The largest absolute Gasteiger partial charge is 0.444 e. The highest BCUT2D eigenvalue weighted by Gasteiger charge is 2.35. The minimum absolute atomic E-state index is 0.0209. The van der Waals surface area contributed by atoms with Gasteiger partial charge in [0.25, 0.3) is 0 Å². The summed E-state index contributed by atoms with van der Waals surface area (Å²) in [5.41, 5.74) is 1.57. The predicted molar refractivity (Wildman–Crippen MR) is 130 cm³/mol. The van der Waals surface area contributed by atoms with Crippen LogP contribution in [-0.4, -0.2) is 56.8 Å². The Morgan fingerprint density at radius 3 is 2.46 bits per heavy atom. The van der Waals surface area contributed by atoms with Crippen molar-refractivity contribution in [1.82, 2.24) is 19.4 Å². The molecule has 1 amide bonds. The third-order valence-corrected chi connectivity index (χ3v) is 6.62. The Bertz CT molecular complexity index is 1240. The summed E-state index contributed by atoms with van der Waals surface area (Å²) in [6, 6.07) is 3.47. The van der Waals surface area contributed by atoms with Crippen molar-refractivity contribution in [2.45, 2.75) is 64.5 Å². The maximum absolute atomic E-state index is 14.0. The Morgan fingerprint density at radius 1 is 1.11 bits per heavy atom. The van der Waals surface area contributed by atoms with Crippen LogP contribution in [0.15, 0.2) is 30.7 Å². The van der Waals surface area contributed by atoms with Crippen LogP contribution in [0.4, 0.5) is 19.4 Å². The molecule has 35 heavy (non-hydrogen) atoms. The van der Waals surface area contributed by atoms with Gasteiger partial charge in [0, 0.05) is 31.9 Å². The first kappa shape index (κ1) is 23.5. The zero-order valence-corrected chi connectivity index (χ0v) is 20.6. The molecule has 0 bridgehead atoms. The van der Waals surface area contributed by atoms with E-state index in [-0.39, 0.29) is 12.1 Å². The molecule has 5 rings (SSSR count). The van der Waals surface area contributed by atoms with Crippen LogP contribution in [0, 0.1) is 11.6 Å². The highest BCUT2D eigenvalue weighted by atomic mass is 19.1. The quantitative estimate of drug-likeness (QED) is 0.496. The fourth-order valence-corrected chi connectivity index (χ4v) is 4.85. The number of rotatable bonds is 4. The molecule has 2 aliphatic rings. The van der Waals surface area contributed by atoms with Crippen molar-refractivity contribution in [3.63, 3.8) is 0 Å². The van der Waals surface area contributed by atoms with Crippen LogP contribution in [0.1, 0.15) is 58.4 Å². The van der Waals surface area contributed by atoms with Crippen LogP contribution >= 0.6 is 0 Å². The molecule has 1 saturated heterocycles.